The van der Waals surface area contributed by atoms with Gasteiger partial charge >= 0.3 is 5.97 Å². The average Bonchev–Trinajstić information content (AvgIpc) is 2.50. The molecule has 0 aliphatic rings. The van der Waals surface area contributed by atoms with Gasteiger partial charge in [-0.25, -0.2) is 4.79 Å². The summed E-state index contributed by atoms with van der Waals surface area (Å²) in [6.45, 7) is 2.25. The molecule has 1 unspecified atom stereocenters. The lowest BCUT2D eigenvalue weighted by Crippen LogP contribution is -2.18. The maximum Gasteiger partial charge on any atom is 0.332 e. The number of aliphatic carboxylic acids is 1. The number of aliphatic hydroxyl groups excluding tert-OH is 1. The molecule has 22 heavy (non-hydrogen) atoms. The summed E-state index contributed by atoms with van der Waals surface area (Å²) in [6.07, 6.45) is 19.8. The van der Waals surface area contributed by atoms with Gasteiger partial charge in [0.1, 0.15) is 0 Å². The van der Waals surface area contributed by atoms with Crippen LogP contribution in [0.15, 0.2) is 12.2 Å². The molecular formula is C19H36O3. The van der Waals surface area contributed by atoms with Crippen LogP contribution in [0.5, 0.6) is 0 Å². The molecule has 130 valence electrons. The number of hydrogen-bond donors (Lipinski definition) is 2. The molecule has 0 aliphatic carbocycles. The Hall–Kier alpha value is -0.830. The van der Waals surface area contributed by atoms with Crippen molar-refractivity contribution in [3.8, 4) is 0 Å². The van der Waals surface area contributed by atoms with Gasteiger partial charge in [0.15, 0.2) is 6.10 Å². The molecule has 0 aliphatic heterocycles. The van der Waals surface area contributed by atoms with Crippen LogP contribution in [0.25, 0.3) is 0 Å². The first-order chi connectivity index (χ1) is 10.7. The first kappa shape index (κ1) is 21.2. The zero-order valence-corrected chi connectivity index (χ0v) is 14.4. The van der Waals surface area contributed by atoms with Crippen LogP contribution >= 0.6 is 0 Å². The summed E-state index contributed by atoms with van der Waals surface area (Å²) in [5, 5.41) is 17.7. The van der Waals surface area contributed by atoms with Crippen molar-refractivity contribution >= 4 is 5.97 Å². The zero-order chi connectivity index (χ0) is 16.5. The van der Waals surface area contributed by atoms with Crippen molar-refractivity contribution in [3.63, 3.8) is 0 Å². The van der Waals surface area contributed by atoms with E-state index in [0.717, 1.165) is 25.7 Å². The Bertz CT molecular complexity index is 274. The third kappa shape index (κ3) is 15.6. The highest BCUT2D eigenvalue weighted by Crippen LogP contribution is 2.10. The second-order valence-electron chi connectivity index (χ2n) is 6.23. The summed E-state index contributed by atoms with van der Waals surface area (Å²) in [4.78, 5) is 10.4. The Morgan fingerprint density at radius 1 is 0.818 bits per heavy atom. The SMILES string of the molecule is CCCCCCCC/C=C/CCCCCCCC(O)C(=O)O. The van der Waals surface area contributed by atoms with Gasteiger partial charge in [-0.1, -0.05) is 76.9 Å². The number of allylic oxidation sites excluding steroid dienone is 2. The molecule has 0 aromatic heterocycles. The van der Waals surface area contributed by atoms with Crippen molar-refractivity contribution in [2.45, 2.75) is 103 Å². The molecule has 3 nitrogen and oxygen atoms in total. The van der Waals surface area contributed by atoms with Crippen molar-refractivity contribution in [1.29, 1.82) is 0 Å². The van der Waals surface area contributed by atoms with E-state index in [-0.39, 0.29) is 0 Å². The molecule has 0 radical (unpaired) electrons. The van der Waals surface area contributed by atoms with Gasteiger partial charge in [-0.15, -0.1) is 0 Å². The molecule has 0 fully saturated rings. The summed E-state index contributed by atoms with van der Waals surface area (Å²) >= 11 is 0. The summed E-state index contributed by atoms with van der Waals surface area (Å²) in [7, 11) is 0. The quantitative estimate of drug-likeness (QED) is 0.293. The van der Waals surface area contributed by atoms with Crippen LogP contribution in [0, 0.1) is 0 Å². The van der Waals surface area contributed by atoms with Crippen molar-refractivity contribution in [3.05, 3.63) is 12.2 Å². The molecule has 0 aromatic carbocycles. The number of unbranched alkanes of at least 4 members (excludes halogenated alkanes) is 11. The minimum atomic E-state index is -1.18. The van der Waals surface area contributed by atoms with Crippen LogP contribution in [-0.2, 0) is 4.79 Å². The Labute approximate surface area is 136 Å². The highest BCUT2D eigenvalue weighted by atomic mass is 16.4. The number of carbonyl (C=O) groups is 1. The smallest absolute Gasteiger partial charge is 0.332 e. The first-order valence-electron chi connectivity index (χ1n) is 9.24. The lowest BCUT2D eigenvalue weighted by atomic mass is 10.1. The topological polar surface area (TPSA) is 57.5 Å². The van der Waals surface area contributed by atoms with Gasteiger partial charge in [-0.05, 0) is 32.1 Å². The van der Waals surface area contributed by atoms with E-state index >= 15 is 0 Å². The van der Waals surface area contributed by atoms with Crippen LogP contribution in [0.3, 0.4) is 0 Å². The van der Waals surface area contributed by atoms with Gasteiger partial charge in [0, 0.05) is 0 Å². The highest BCUT2D eigenvalue weighted by molar-refractivity contribution is 5.71. The van der Waals surface area contributed by atoms with Crippen LogP contribution in [0.4, 0.5) is 0 Å². The zero-order valence-electron chi connectivity index (χ0n) is 14.4. The van der Waals surface area contributed by atoms with Crippen molar-refractivity contribution < 1.29 is 15.0 Å². The van der Waals surface area contributed by atoms with Gasteiger partial charge in [0.2, 0.25) is 0 Å². The van der Waals surface area contributed by atoms with Crippen LogP contribution in [-0.4, -0.2) is 22.3 Å². The molecule has 2 N–H and O–H groups in total. The van der Waals surface area contributed by atoms with Gasteiger partial charge in [-0.3, -0.25) is 0 Å². The van der Waals surface area contributed by atoms with E-state index < -0.39 is 12.1 Å². The van der Waals surface area contributed by atoms with E-state index in [1.54, 1.807) is 0 Å². The number of hydrogen-bond acceptors (Lipinski definition) is 2. The molecule has 0 amide bonds. The molecule has 1 atom stereocenters. The van der Waals surface area contributed by atoms with Crippen LogP contribution < -0.4 is 0 Å². The van der Waals surface area contributed by atoms with E-state index in [4.69, 9.17) is 10.2 Å². The highest BCUT2D eigenvalue weighted by Gasteiger charge is 2.11. The van der Waals surface area contributed by atoms with E-state index in [1.165, 1.54) is 57.8 Å². The molecule has 0 bridgehead atoms. The average molecular weight is 312 g/mol. The van der Waals surface area contributed by atoms with Gasteiger partial charge in [0.05, 0.1) is 0 Å². The normalized spacial score (nSPS) is 12.8. The van der Waals surface area contributed by atoms with Crippen molar-refractivity contribution in [2.75, 3.05) is 0 Å². The Morgan fingerprint density at radius 3 is 1.77 bits per heavy atom. The molecule has 0 aromatic rings. The second kappa shape index (κ2) is 16.5. The molecule has 0 saturated carbocycles. The maximum absolute atomic E-state index is 10.4. The van der Waals surface area contributed by atoms with E-state index in [2.05, 4.69) is 19.1 Å². The minimum Gasteiger partial charge on any atom is -0.479 e. The second-order valence-corrected chi connectivity index (χ2v) is 6.23. The molecule has 0 saturated heterocycles. The van der Waals surface area contributed by atoms with Crippen LogP contribution in [0.2, 0.25) is 0 Å². The summed E-state index contributed by atoms with van der Waals surface area (Å²) in [6, 6.07) is 0. The molecule has 0 spiro atoms. The van der Waals surface area contributed by atoms with Gasteiger partial charge in [-0.2, -0.15) is 0 Å². The Balaban J connectivity index is 3.16. The molecule has 0 rings (SSSR count). The van der Waals surface area contributed by atoms with E-state index in [0.29, 0.717) is 6.42 Å². The van der Waals surface area contributed by atoms with Crippen molar-refractivity contribution in [1.82, 2.24) is 0 Å². The lowest BCUT2D eigenvalue weighted by molar-refractivity contribution is -0.146. The predicted octanol–water partition coefficient (Wildman–Crippen LogP) is 5.47. The third-order valence-electron chi connectivity index (χ3n) is 4.02. The van der Waals surface area contributed by atoms with Crippen LogP contribution in [0.1, 0.15) is 96.8 Å². The number of rotatable bonds is 16. The first-order valence-corrected chi connectivity index (χ1v) is 9.24. The van der Waals surface area contributed by atoms with Crippen molar-refractivity contribution in [2.24, 2.45) is 0 Å². The maximum atomic E-state index is 10.4. The molecule has 0 heterocycles. The fourth-order valence-corrected chi connectivity index (χ4v) is 2.53. The third-order valence-corrected chi connectivity index (χ3v) is 4.02. The monoisotopic (exact) mass is 312 g/mol. The molecular weight excluding hydrogens is 276 g/mol. The standard InChI is InChI=1S/C19H36O3/c1-2-3-4-5-6-7-8-9-10-11-12-13-14-15-16-17-18(20)19(21)22/h9-10,18,20H,2-8,11-17H2,1H3,(H,21,22)/b10-9+. The minimum absolute atomic E-state index is 0.382. The Morgan fingerprint density at radius 2 is 1.27 bits per heavy atom. The van der Waals surface area contributed by atoms with E-state index in [1.807, 2.05) is 0 Å². The van der Waals surface area contributed by atoms with E-state index in [9.17, 15) is 4.79 Å². The Kier molecular flexibility index (Phi) is 15.9. The molecule has 3 heteroatoms. The predicted molar refractivity (Wildman–Crippen MR) is 93.1 cm³/mol. The summed E-state index contributed by atoms with van der Waals surface area (Å²) < 4.78 is 0. The fraction of sp³-hybridized carbons (Fsp3) is 0.842. The number of aliphatic hydroxyl groups is 1. The largest absolute Gasteiger partial charge is 0.479 e. The van der Waals surface area contributed by atoms with Gasteiger partial charge < -0.3 is 10.2 Å². The van der Waals surface area contributed by atoms with Gasteiger partial charge in [0.25, 0.3) is 0 Å². The number of carboxylic acids is 1. The number of carboxylic acid groups (broad SMARTS) is 1. The summed E-state index contributed by atoms with van der Waals surface area (Å²) in [5.74, 6) is -1.10. The fourth-order valence-electron chi connectivity index (χ4n) is 2.53. The lowest BCUT2D eigenvalue weighted by Gasteiger charge is -2.04. The summed E-state index contributed by atoms with van der Waals surface area (Å²) in [5.41, 5.74) is 0.